The predicted molar refractivity (Wildman–Crippen MR) is 67.8 cm³/mol. The van der Waals surface area contributed by atoms with E-state index in [1.807, 2.05) is 5.32 Å². The number of hydrogen-bond acceptors (Lipinski definition) is 4. The Balaban J connectivity index is 3.52. The molecule has 0 radical (unpaired) electrons. The molecular weight excluding hydrogens is 487 g/mol. The van der Waals surface area contributed by atoms with Gasteiger partial charge in [0, 0.05) is 6.54 Å². The van der Waals surface area contributed by atoms with E-state index in [9.17, 15) is 65.9 Å². The summed E-state index contributed by atoms with van der Waals surface area (Å²) in [5.41, 5.74) is 0. The quantitative estimate of drug-likeness (QED) is 0.446. The number of aromatic nitrogens is 2. The van der Waals surface area contributed by atoms with Gasteiger partial charge in [0.05, 0.1) is 0 Å². The van der Waals surface area contributed by atoms with Crippen LogP contribution in [0.2, 0.25) is 0 Å². The summed E-state index contributed by atoms with van der Waals surface area (Å²) in [5.74, 6) is -51.3. The standard InChI is InChI=1S/C12H8F15N3O/c1-2-3-28-5-29-4(31-30-5)6(13,14)7(15,16)8(17,18)9(19,20)10(21,22)11(23,24)12(25,26)27/h2-3H2,1H3,(H,28,30). The van der Waals surface area contributed by atoms with E-state index in [0.717, 1.165) is 0 Å². The molecule has 0 aromatic carbocycles. The van der Waals surface area contributed by atoms with Crippen LogP contribution in [0.3, 0.4) is 0 Å². The Bertz CT molecular complexity index is 770. The Kier molecular flexibility index (Phi) is 6.51. The highest BCUT2D eigenvalue weighted by molar-refractivity contribution is 5.23. The highest BCUT2D eigenvalue weighted by Gasteiger charge is 2.94. The summed E-state index contributed by atoms with van der Waals surface area (Å²) < 4.78 is 200. The van der Waals surface area contributed by atoms with E-state index < -0.39 is 53.6 Å². The van der Waals surface area contributed by atoms with Crippen LogP contribution in [0.1, 0.15) is 19.2 Å². The number of rotatable bonds is 9. The normalized spacial score (nSPS) is 15.4. The van der Waals surface area contributed by atoms with Gasteiger partial charge in [-0.15, -0.1) is 0 Å². The first-order valence-corrected chi connectivity index (χ1v) is 7.45. The van der Waals surface area contributed by atoms with Gasteiger partial charge >= 0.3 is 47.6 Å². The van der Waals surface area contributed by atoms with Crippen molar-refractivity contribution >= 4 is 5.95 Å². The fourth-order valence-corrected chi connectivity index (χ4v) is 1.76. The smallest absolute Gasteiger partial charge is 0.352 e. The van der Waals surface area contributed by atoms with Crippen LogP contribution in [-0.4, -0.2) is 52.5 Å². The molecule has 1 rings (SSSR count). The summed E-state index contributed by atoms with van der Waals surface area (Å²) in [5, 5.41) is 4.53. The minimum Gasteiger partial charge on any atom is -0.352 e. The van der Waals surface area contributed by atoms with Crippen LogP contribution in [0.4, 0.5) is 71.8 Å². The fourth-order valence-electron chi connectivity index (χ4n) is 1.76. The zero-order valence-electron chi connectivity index (χ0n) is 14.4. The highest BCUT2D eigenvalue weighted by atomic mass is 19.4. The van der Waals surface area contributed by atoms with E-state index in [1.165, 1.54) is 6.92 Å². The van der Waals surface area contributed by atoms with Gasteiger partial charge in [-0.2, -0.15) is 70.8 Å². The molecule has 1 N–H and O–H groups in total. The molecule has 0 aliphatic rings. The van der Waals surface area contributed by atoms with Crippen molar-refractivity contribution in [2.75, 3.05) is 11.9 Å². The average Bonchev–Trinajstić information content (AvgIpc) is 3.07. The van der Waals surface area contributed by atoms with Crippen LogP contribution < -0.4 is 5.32 Å². The average molecular weight is 495 g/mol. The lowest BCUT2D eigenvalue weighted by Gasteiger charge is -2.40. The first kappa shape index (κ1) is 26.9. The molecule has 182 valence electrons. The van der Waals surface area contributed by atoms with Crippen molar-refractivity contribution in [3.05, 3.63) is 5.89 Å². The van der Waals surface area contributed by atoms with E-state index >= 15 is 0 Å². The Morgan fingerprint density at radius 3 is 1.52 bits per heavy atom. The van der Waals surface area contributed by atoms with Crippen molar-refractivity contribution in [2.24, 2.45) is 0 Å². The van der Waals surface area contributed by atoms with Crippen molar-refractivity contribution < 1.29 is 70.4 Å². The molecule has 19 heteroatoms. The van der Waals surface area contributed by atoms with Gasteiger partial charge in [-0.3, -0.25) is 0 Å². The van der Waals surface area contributed by atoms with Gasteiger partial charge in [-0.1, -0.05) is 6.92 Å². The molecule has 0 atom stereocenters. The van der Waals surface area contributed by atoms with Crippen LogP contribution in [0.15, 0.2) is 4.52 Å². The maximum atomic E-state index is 13.8. The minimum atomic E-state index is -8.37. The molecule has 0 bridgehead atoms. The Hall–Kier alpha value is -2.11. The van der Waals surface area contributed by atoms with E-state index in [-0.39, 0.29) is 13.0 Å². The lowest BCUT2D eigenvalue weighted by Crippen LogP contribution is -2.72. The largest absolute Gasteiger partial charge is 0.460 e. The Morgan fingerprint density at radius 2 is 1.10 bits per heavy atom. The highest BCUT2D eigenvalue weighted by Crippen LogP contribution is 2.63. The summed E-state index contributed by atoms with van der Waals surface area (Å²) in [6, 6.07) is 0. The predicted octanol–water partition coefficient (Wildman–Crippen LogP) is 5.72. The maximum absolute atomic E-state index is 13.8. The Morgan fingerprint density at radius 1 is 0.677 bits per heavy atom. The van der Waals surface area contributed by atoms with Crippen molar-refractivity contribution in [1.82, 2.24) is 10.1 Å². The lowest BCUT2D eigenvalue weighted by molar-refractivity contribution is -0.454. The molecule has 31 heavy (non-hydrogen) atoms. The molecule has 0 spiro atoms. The fraction of sp³-hybridized carbons (Fsp3) is 0.833. The van der Waals surface area contributed by atoms with Crippen LogP contribution >= 0.6 is 0 Å². The summed E-state index contributed by atoms with van der Waals surface area (Å²) in [4.78, 5) is 2.42. The third kappa shape index (κ3) is 3.72. The van der Waals surface area contributed by atoms with Crippen molar-refractivity contribution in [3.8, 4) is 0 Å². The SMILES string of the molecule is CCCNc1noc(C(F)(F)C(F)(F)C(F)(F)C(F)(F)C(F)(F)C(F)(F)C(F)(F)F)n1. The molecule has 0 saturated heterocycles. The van der Waals surface area contributed by atoms with Crippen LogP contribution in [-0.2, 0) is 5.92 Å². The van der Waals surface area contributed by atoms with Gasteiger partial charge in [0.2, 0.25) is 0 Å². The monoisotopic (exact) mass is 495 g/mol. The molecule has 1 aromatic rings. The molecule has 0 aliphatic heterocycles. The number of nitrogens with one attached hydrogen (secondary N) is 1. The first-order valence-electron chi connectivity index (χ1n) is 7.45. The molecule has 0 fully saturated rings. The number of anilines is 1. The molecule has 1 aromatic heterocycles. The van der Waals surface area contributed by atoms with Crippen molar-refractivity contribution in [2.45, 2.75) is 55.1 Å². The van der Waals surface area contributed by atoms with Crippen LogP contribution in [0.5, 0.6) is 0 Å². The number of hydrogen-bond donors (Lipinski definition) is 1. The second-order valence-corrected chi connectivity index (χ2v) is 5.79. The molecule has 0 aliphatic carbocycles. The van der Waals surface area contributed by atoms with E-state index in [4.69, 9.17) is 0 Å². The van der Waals surface area contributed by atoms with Gasteiger partial charge in [0.15, 0.2) is 0 Å². The maximum Gasteiger partial charge on any atom is 0.460 e. The van der Waals surface area contributed by atoms with Gasteiger partial charge in [0.25, 0.3) is 5.95 Å². The van der Waals surface area contributed by atoms with Gasteiger partial charge in [-0.05, 0) is 11.6 Å². The molecule has 1 heterocycles. The summed E-state index contributed by atoms with van der Waals surface area (Å²) in [6.45, 7) is 1.32. The molecule has 0 unspecified atom stereocenters. The van der Waals surface area contributed by atoms with Crippen LogP contribution in [0.25, 0.3) is 0 Å². The summed E-state index contributed by atoms with van der Waals surface area (Å²) in [6.07, 6.45) is -7.43. The minimum absolute atomic E-state index is 0.145. The zero-order chi connectivity index (χ0) is 24.9. The third-order valence-electron chi connectivity index (χ3n) is 3.56. The van der Waals surface area contributed by atoms with Gasteiger partial charge in [0.1, 0.15) is 0 Å². The number of halogens is 15. The summed E-state index contributed by atoms with van der Waals surface area (Å²) in [7, 11) is 0. The molecular formula is C12H8F15N3O. The van der Waals surface area contributed by atoms with E-state index in [1.54, 1.807) is 0 Å². The topological polar surface area (TPSA) is 51.0 Å². The third-order valence-corrected chi connectivity index (χ3v) is 3.56. The molecule has 4 nitrogen and oxygen atoms in total. The molecule has 0 saturated carbocycles. The number of alkyl halides is 15. The second-order valence-electron chi connectivity index (χ2n) is 5.79. The molecule has 0 amide bonds. The lowest BCUT2D eigenvalue weighted by atomic mass is 9.91. The van der Waals surface area contributed by atoms with E-state index in [0.29, 0.717) is 0 Å². The number of nitrogens with zero attached hydrogens (tertiary/aromatic N) is 2. The van der Waals surface area contributed by atoms with E-state index in [2.05, 4.69) is 14.7 Å². The first-order chi connectivity index (χ1) is 13.5. The second kappa shape index (κ2) is 7.49. The summed E-state index contributed by atoms with van der Waals surface area (Å²) >= 11 is 0. The zero-order valence-corrected chi connectivity index (χ0v) is 14.4. The van der Waals surface area contributed by atoms with Crippen LogP contribution in [0, 0.1) is 0 Å². The van der Waals surface area contributed by atoms with Crippen molar-refractivity contribution in [1.29, 1.82) is 0 Å². The van der Waals surface area contributed by atoms with Crippen molar-refractivity contribution in [3.63, 3.8) is 0 Å². The Labute approximate surface area is 160 Å². The van der Waals surface area contributed by atoms with Gasteiger partial charge in [-0.25, -0.2) is 0 Å². The van der Waals surface area contributed by atoms with Gasteiger partial charge < -0.3 is 9.84 Å².